The molecule has 0 aromatic carbocycles. The van der Waals surface area contributed by atoms with Crippen molar-refractivity contribution in [1.82, 2.24) is 0 Å². The van der Waals surface area contributed by atoms with Crippen LogP contribution in [0.3, 0.4) is 0 Å². The largest absolute Gasteiger partial charge is 0.510 e. The van der Waals surface area contributed by atoms with E-state index in [0.717, 1.165) is 10.8 Å². The molecule has 0 aromatic rings. The first-order valence-electron chi connectivity index (χ1n) is 9.49. The molecule has 0 heterocycles. The second-order valence-corrected chi connectivity index (χ2v) is 24.4. The molecule has 0 bridgehead atoms. The predicted molar refractivity (Wildman–Crippen MR) is 124 cm³/mol. The predicted octanol–water partition coefficient (Wildman–Crippen LogP) is 4.33. The van der Waals surface area contributed by atoms with Gasteiger partial charge in [0.05, 0.1) is 10.8 Å². The lowest BCUT2D eigenvalue weighted by atomic mass is 10.4. The summed E-state index contributed by atoms with van der Waals surface area (Å²) in [5.74, 6) is 0. The molecule has 0 aliphatic rings. The fraction of sp³-hybridized carbons (Fsp3) is 1.00. The Morgan fingerprint density at radius 1 is 0.556 bits per heavy atom. The third kappa shape index (κ3) is 9.20. The fourth-order valence-corrected chi connectivity index (χ4v) is 28.2. The summed E-state index contributed by atoms with van der Waals surface area (Å²) in [6, 6.07) is 2.50. The highest BCUT2D eigenvalue weighted by atomic mass is 32.6. The highest BCUT2D eigenvalue weighted by Crippen LogP contribution is 2.44. The smallest absolute Gasteiger partial charge is 0.376 e. The number of hydrogen-bond donors (Lipinski definition) is 0. The van der Waals surface area contributed by atoms with Crippen LogP contribution in [0, 0.1) is 0 Å². The molecule has 0 radical (unpaired) electrons. The molecule has 0 fully saturated rings. The van der Waals surface area contributed by atoms with Gasteiger partial charge in [0.15, 0.2) is 6.37 Å². The SMILES string of the molecule is CCCC[Si](CCCC)(SC[Si](OC)(OC)OC)SC[Si](OC)(OC)OC. The quantitative estimate of drug-likeness (QED) is 0.271. The van der Waals surface area contributed by atoms with Crippen molar-refractivity contribution in [2.24, 2.45) is 0 Å². The topological polar surface area (TPSA) is 55.4 Å². The molecule has 0 amide bonds. The van der Waals surface area contributed by atoms with Gasteiger partial charge in [0, 0.05) is 42.7 Å². The molecule has 11 heteroatoms. The summed E-state index contributed by atoms with van der Waals surface area (Å²) in [7, 11) is 4.92. The minimum absolute atomic E-state index is 0.782. The van der Waals surface area contributed by atoms with E-state index in [-0.39, 0.29) is 0 Å². The second-order valence-electron chi connectivity index (χ2n) is 6.29. The van der Waals surface area contributed by atoms with Crippen LogP contribution >= 0.6 is 22.4 Å². The van der Waals surface area contributed by atoms with Gasteiger partial charge >= 0.3 is 17.6 Å². The number of unbranched alkanes of at least 4 members (excludes halogenated alkanes) is 2. The van der Waals surface area contributed by atoms with Gasteiger partial charge in [-0.1, -0.05) is 39.5 Å². The van der Waals surface area contributed by atoms with E-state index < -0.39 is 24.0 Å². The van der Waals surface area contributed by atoms with E-state index in [4.69, 9.17) is 26.6 Å². The van der Waals surface area contributed by atoms with E-state index in [1.807, 2.05) is 22.4 Å². The Bertz CT molecular complexity index is 324. The first-order chi connectivity index (χ1) is 12.9. The van der Waals surface area contributed by atoms with Gasteiger partial charge < -0.3 is 26.6 Å². The second kappa shape index (κ2) is 15.0. The molecule has 0 N–H and O–H groups in total. The van der Waals surface area contributed by atoms with E-state index in [0.29, 0.717) is 0 Å². The van der Waals surface area contributed by atoms with Gasteiger partial charge in [-0.25, -0.2) is 0 Å². The zero-order valence-corrected chi connectivity index (χ0v) is 23.1. The molecule has 6 nitrogen and oxygen atoms in total. The van der Waals surface area contributed by atoms with Crippen molar-refractivity contribution in [3.05, 3.63) is 0 Å². The molecule has 0 spiro atoms. The average molecular weight is 477 g/mol. The Balaban J connectivity index is 5.47. The monoisotopic (exact) mass is 476 g/mol. The van der Waals surface area contributed by atoms with Crippen LogP contribution in [0.2, 0.25) is 12.1 Å². The third-order valence-electron chi connectivity index (χ3n) is 4.71. The molecule has 0 unspecified atom stereocenters. The van der Waals surface area contributed by atoms with Crippen LogP contribution in [-0.4, -0.2) is 77.4 Å². The van der Waals surface area contributed by atoms with Gasteiger partial charge in [0.25, 0.3) is 0 Å². The van der Waals surface area contributed by atoms with E-state index in [9.17, 15) is 0 Å². The Hall–Kier alpha value is 1.11. The van der Waals surface area contributed by atoms with Crippen LogP contribution in [-0.2, 0) is 26.6 Å². The number of rotatable bonds is 18. The van der Waals surface area contributed by atoms with E-state index in [1.165, 1.54) is 37.8 Å². The van der Waals surface area contributed by atoms with Gasteiger partial charge in [0.1, 0.15) is 0 Å². The highest BCUT2D eigenvalue weighted by Gasteiger charge is 2.46. The Morgan fingerprint density at radius 3 is 1.07 bits per heavy atom. The summed E-state index contributed by atoms with van der Waals surface area (Å²) in [6.45, 7) is 4.51. The molecule has 0 aliphatic carbocycles. The summed E-state index contributed by atoms with van der Waals surface area (Å²) in [6.07, 6.45) is 3.14. The Morgan fingerprint density at radius 2 is 0.852 bits per heavy atom. The average Bonchev–Trinajstić information content (AvgIpc) is 2.73. The van der Waals surface area contributed by atoms with Gasteiger partial charge in [-0.15, -0.1) is 0 Å². The molecule has 0 aromatic heterocycles. The van der Waals surface area contributed by atoms with Crippen molar-refractivity contribution in [1.29, 1.82) is 0 Å². The van der Waals surface area contributed by atoms with Gasteiger partial charge in [-0.05, 0) is 12.1 Å². The third-order valence-corrected chi connectivity index (χ3v) is 26.0. The molecule has 0 saturated heterocycles. The van der Waals surface area contributed by atoms with E-state index >= 15 is 0 Å². The van der Waals surface area contributed by atoms with Gasteiger partial charge in [0.2, 0.25) is 0 Å². The van der Waals surface area contributed by atoms with Crippen molar-refractivity contribution >= 4 is 46.4 Å². The molecular weight excluding hydrogens is 437 g/mol. The lowest BCUT2D eigenvalue weighted by Crippen LogP contribution is -2.50. The standard InChI is InChI=1S/C16H40O6S2Si3/c1-9-11-13-25(14-12-10-2,23-15-26(17-3,18-4)19-5)24-16-27(20-6,21-7)22-8/h9-16H2,1-8H3. The van der Waals surface area contributed by atoms with Crippen LogP contribution in [0.25, 0.3) is 0 Å². The van der Waals surface area contributed by atoms with Crippen molar-refractivity contribution in [2.45, 2.75) is 51.6 Å². The van der Waals surface area contributed by atoms with Crippen LogP contribution in [0.4, 0.5) is 0 Å². The fourth-order valence-electron chi connectivity index (χ4n) is 2.64. The molecule has 0 saturated carbocycles. The van der Waals surface area contributed by atoms with Crippen LogP contribution in [0.15, 0.2) is 0 Å². The molecule has 164 valence electrons. The van der Waals surface area contributed by atoms with Crippen molar-refractivity contribution in [2.75, 3.05) is 53.4 Å². The van der Waals surface area contributed by atoms with E-state index in [2.05, 4.69) is 13.8 Å². The number of hydrogen-bond acceptors (Lipinski definition) is 8. The van der Waals surface area contributed by atoms with Crippen molar-refractivity contribution in [3.8, 4) is 0 Å². The minimum Gasteiger partial charge on any atom is -0.376 e. The highest BCUT2D eigenvalue weighted by molar-refractivity contribution is 8.58. The first-order valence-corrected chi connectivity index (χ1v) is 19.2. The summed E-state index contributed by atoms with van der Waals surface area (Å²) in [4.78, 5) is 0. The first kappa shape index (κ1) is 28.1. The van der Waals surface area contributed by atoms with Crippen molar-refractivity contribution in [3.63, 3.8) is 0 Å². The zero-order chi connectivity index (χ0) is 20.8. The molecule has 27 heavy (non-hydrogen) atoms. The maximum atomic E-state index is 5.67. The summed E-state index contributed by atoms with van der Waals surface area (Å²) < 4.78 is 34.0. The maximum Gasteiger partial charge on any atom is 0.510 e. The Labute approximate surface area is 177 Å². The van der Waals surface area contributed by atoms with Crippen molar-refractivity contribution < 1.29 is 26.6 Å². The molecular formula is C16H40O6S2Si3. The van der Waals surface area contributed by atoms with Crippen LogP contribution in [0.5, 0.6) is 0 Å². The lowest BCUT2D eigenvalue weighted by molar-refractivity contribution is 0.130. The minimum atomic E-state index is -2.60. The maximum absolute atomic E-state index is 5.67. The zero-order valence-electron chi connectivity index (χ0n) is 18.4. The summed E-state index contributed by atoms with van der Waals surface area (Å²) in [5, 5.41) is 1.56. The van der Waals surface area contributed by atoms with Crippen LogP contribution in [0.1, 0.15) is 39.5 Å². The van der Waals surface area contributed by atoms with Crippen LogP contribution < -0.4 is 0 Å². The van der Waals surface area contributed by atoms with Gasteiger partial charge in [-0.2, -0.15) is 22.4 Å². The molecule has 0 atom stereocenters. The van der Waals surface area contributed by atoms with Gasteiger partial charge in [-0.3, -0.25) is 0 Å². The molecule has 0 aliphatic heterocycles. The normalized spacial score (nSPS) is 13.3. The summed E-state index contributed by atoms with van der Waals surface area (Å²) >= 11 is 4.09. The van der Waals surface area contributed by atoms with E-state index in [1.54, 1.807) is 42.7 Å². The lowest BCUT2D eigenvalue weighted by Gasteiger charge is -2.35. The summed E-state index contributed by atoms with van der Waals surface area (Å²) in [5.41, 5.74) is 0. The molecule has 0 rings (SSSR count). The Kier molecular flexibility index (Phi) is 15.6.